The van der Waals surface area contributed by atoms with Gasteiger partial charge in [-0.1, -0.05) is 42.5 Å². The van der Waals surface area contributed by atoms with E-state index in [-0.39, 0.29) is 18.0 Å². The molecule has 1 heterocycles. The zero-order valence-electron chi connectivity index (χ0n) is 16.8. The molecule has 1 aliphatic heterocycles. The Labute approximate surface area is 174 Å². The second-order valence-corrected chi connectivity index (χ2v) is 8.14. The van der Waals surface area contributed by atoms with Gasteiger partial charge in [0.05, 0.1) is 0 Å². The van der Waals surface area contributed by atoms with Crippen molar-refractivity contribution < 1.29 is 4.79 Å². The van der Waals surface area contributed by atoms with E-state index in [4.69, 9.17) is 5.73 Å². The highest BCUT2D eigenvalue weighted by Gasteiger charge is 2.31. The van der Waals surface area contributed by atoms with E-state index in [1.54, 1.807) is 0 Å². The van der Waals surface area contributed by atoms with Gasteiger partial charge in [0.25, 0.3) is 5.91 Å². The Morgan fingerprint density at radius 3 is 2.61 bits per heavy atom. The van der Waals surface area contributed by atoms with Crippen LogP contribution in [0.4, 0.5) is 0 Å². The Balaban J connectivity index is 1.78. The molecule has 2 aromatic carbocycles. The molecular formula is C23H31N3OS. The summed E-state index contributed by atoms with van der Waals surface area (Å²) in [5, 5.41) is 0. The molecule has 28 heavy (non-hydrogen) atoms. The lowest BCUT2D eigenvalue weighted by Crippen LogP contribution is -2.58. The van der Waals surface area contributed by atoms with Gasteiger partial charge in [-0.05, 0) is 43.0 Å². The monoisotopic (exact) mass is 397 g/mol. The second kappa shape index (κ2) is 9.59. The predicted molar refractivity (Wildman–Crippen MR) is 119 cm³/mol. The summed E-state index contributed by atoms with van der Waals surface area (Å²) in [4.78, 5) is 17.7. The van der Waals surface area contributed by atoms with Gasteiger partial charge in [-0.25, -0.2) is 0 Å². The number of benzene rings is 2. The van der Waals surface area contributed by atoms with Gasteiger partial charge in [0.2, 0.25) is 0 Å². The Kier molecular flexibility index (Phi) is 7.16. The minimum Gasteiger partial charge on any atom is -0.336 e. The molecule has 3 rings (SSSR count). The van der Waals surface area contributed by atoms with Gasteiger partial charge in [0.1, 0.15) is 0 Å². The number of rotatable bonds is 6. The molecule has 2 N–H and O–H groups in total. The Morgan fingerprint density at radius 2 is 1.89 bits per heavy atom. The lowest BCUT2D eigenvalue weighted by Gasteiger charge is -2.42. The number of amides is 1. The average Bonchev–Trinajstić information content (AvgIpc) is 2.71. The molecule has 1 saturated heterocycles. The van der Waals surface area contributed by atoms with E-state index in [2.05, 4.69) is 54.8 Å². The summed E-state index contributed by atoms with van der Waals surface area (Å²) in [6, 6.07) is 16.8. The van der Waals surface area contributed by atoms with Gasteiger partial charge in [-0.3, -0.25) is 9.69 Å². The van der Waals surface area contributed by atoms with Crippen LogP contribution in [0.5, 0.6) is 0 Å². The quantitative estimate of drug-likeness (QED) is 0.737. The molecule has 0 bridgehead atoms. The van der Waals surface area contributed by atoms with E-state index >= 15 is 0 Å². The molecule has 0 aliphatic carbocycles. The van der Waals surface area contributed by atoms with Gasteiger partial charge in [0.15, 0.2) is 0 Å². The van der Waals surface area contributed by atoms with Crippen LogP contribution in [-0.4, -0.2) is 59.7 Å². The number of thiol groups is 1. The SMILES string of the molecule is Cc1cccc(C(=O)N2CCN(C[C@@H](N)CS)[C@@H](Cc3ccccc3)C2)c1C. The minimum absolute atomic E-state index is 0.0443. The maximum atomic E-state index is 13.2. The van der Waals surface area contributed by atoms with Gasteiger partial charge in [-0.2, -0.15) is 12.6 Å². The van der Waals surface area contributed by atoms with Crippen molar-refractivity contribution in [2.45, 2.75) is 32.4 Å². The number of nitrogens with zero attached hydrogens (tertiary/aromatic N) is 2. The van der Waals surface area contributed by atoms with Crippen molar-refractivity contribution in [3.63, 3.8) is 0 Å². The largest absolute Gasteiger partial charge is 0.336 e. The average molecular weight is 398 g/mol. The van der Waals surface area contributed by atoms with E-state index < -0.39 is 0 Å². The molecule has 2 atom stereocenters. The Hall–Kier alpha value is -1.82. The molecule has 0 saturated carbocycles. The summed E-state index contributed by atoms with van der Waals surface area (Å²) in [5.41, 5.74) is 10.5. The van der Waals surface area contributed by atoms with Gasteiger partial charge in [0, 0.05) is 49.6 Å². The van der Waals surface area contributed by atoms with Crippen LogP contribution >= 0.6 is 12.6 Å². The highest BCUT2D eigenvalue weighted by atomic mass is 32.1. The smallest absolute Gasteiger partial charge is 0.254 e. The van der Waals surface area contributed by atoms with Crippen LogP contribution in [-0.2, 0) is 6.42 Å². The third-order valence-electron chi connectivity index (χ3n) is 5.74. The predicted octanol–water partition coefficient (Wildman–Crippen LogP) is 2.93. The normalized spacial score (nSPS) is 18.9. The van der Waals surface area contributed by atoms with Gasteiger partial charge < -0.3 is 10.6 Å². The fourth-order valence-electron chi connectivity index (χ4n) is 3.91. The van der Waals surface area contributed by atoms with E-state index in [9.17, 15) is 4.79 Å². The van der Waals surface area contributed by atoms with Crippen molar-refractivity contribution in [1.29, 1.82) is 0 Å². The first kappa shape index (κ1) is 20.9. The maximum absolute atomic E-state index is 13.2. The van der Waals surface area contributed by atoms with Crippen molar-refractivity contribution in [1.82, 2.24) is 9.80 Å². The van der Waals surface area contributed by atoms with Crippen LogP contribution < -0.4 is 5.73 Å². The number of nitrogens with two attached hydrogens (primary N) is 1. The molecule has 1 amide bonds. The number of carbonyl (C=O) groups excluding carboxylic acids is 1. The summed E-state index contributed by atoms with van der Waals surface area (Å²) in [7, 11) is 0. The summed E-state index contributed by atoms with van der Waals surface area (Å²) >= 11 is 4.35. The fourth-order valence-corrected chi connectivity index (χ4v) is 4.03. The molecule has 0 radical (unpaired) electrons. The van der Waals surface area contributed by atoms with Crippen LogP contribution in [0.1, 0.15) is 27.0 Å². The first-order chi connectivity index (χ1) is 13.5. The van der Waals surface area contributed by atoms with Crippen molar-refractivity contribution in [3.8, 4) is 0 Å². The van der Waals surface area contributed by atoms with E-state index in [1.165, 1.54) is 5.56 Å². The second-order valence-electron chi connectivity index (χ2n) is 7.78. The summed E-state index contributed by atoms with van der Waals surface area (Å²) < 4.78 is 0. The fraction of sp³-hybridized carbons (Fsp3) is 0.435. The molecule has 4 nitrogen and oxygen atoms in total. The molecule has 150 valence electrons. The Bertz CT molecular complexity index is 796. The first-order valence-corrected chi connectivity index (χ1v) is 10.6. The lowest BCUT2D eigenvalue weighted by molar-refractivity contribution is 0.0471. The van der Waals surface area contributed by atoms with Crippen LogP contribution in [0.2, 0.25) is 0 Å². The van der Waals surface area contributed by atoms with Crippen molar-refractivity contribution in [3.05, 3.63) is 70.8 Å². The van der Waals surface area contributed by atoms with Crippen molar-refractivity contribution >= 4 is 18.5 Å². The lowest BCUT2D eigenvalue weighted by atomic mass is 9.99. The van der Waals surface area contributed by atoms with Crippen LogP contribution in [0.15, 0.2) is 48.5 Å². The van der Waals surface area contributed by atoms with Crippen molar-refractivity contribution in [2.75, 3.05) is 31.9 Å². The first-order valence-electron chi connectivity index (χ1n) is 9.99. The third-order valence-corrected chi connectivity index (χ3v) is 6.21. The maximum Gasteiger partial charge on any atom is 0.254 e. The Morgan fingerprint density at radius 1 is 1.14 bits per heavy atom. The van der Waals surface area contributed by atoms with Crippen LogP contribution in [0, 0.1) is 13.8 Å². The van der Waals surface area contributed by atoms with Crippen molar-refractivity contribution in [2.24, 2.45) is 5.73 Å². The molecule has 0 aromatic heterocycles. The highest BCUT2D eigenvalue weighted by molar-refractivity contribution is 7.80. The molecule has 2 aromatic rings. The highest BCUT2D eigenvalue weighted by Crippen LogP contribution is 2.20. The molecule has 5 heteroatoms. The van der Waals surface area contributed by atoms with Crippen LogP contribution in [0.25, 0.3) is 0 Å². The topological polar surface area (TPSA) is 49.6 Å². The standard InChI is InChI=1S/C23H31N3OS/c1-17-7-6-10-22(18(17)2)23(27)26-12-11-25(14-20(24)16-28)21(15-26)13-19-8-4-3-5-9-19/h3-10,20-21,28H,11-16,24H2,1-2H3/t20-,21+/m1/s1. The molecule has 0 spiro atoms. The zero-order chi connectivity index (χ0) is 20.1. The molecule has 1 fully saturated rings. The van der Waals surface area contributed by atoms with E-state index in [0.717, 1.165) is 49.3 Å². The number of aryl methyl sites for hydroxylation is 1. The van der Waals surface area contributed by atoms with Crippen LogP contribution in [0.3, 0.4) is 0 Å². The molecular weight excluding hydrogens is 366 g/mol. The number of piperazine rings is 1. The zero-order valence-corrected chi connectivity index (χ0v) is 17.7. The summed E-state index contributed by atoms with van der Waals surface area (Å²) in [6.45, 7) is 7.20. The van der Waals surface area contributed by atoms with E-state index in [1.807, 2.05) is 30.0 Å². The summed E-state index contributed by atoms with van der Waals surface area (Å²) in [5.74, 6) is 0.803. The third kappa shape index (κ3) is 4.96. The van der Waals surface area contributed by atoms with Gasteiger partial charge in [-0.15, -0.1) is 0 Å². The molecule has 1 aliphatic rings. The molecule has 0 unspecified atom stereocenters. The number of hydrogen-bond acceptors (Lipinski definition) is 4. The minimum atomic E-state index is 0.0443. The summed E-state index contributed by atoms with van der Waals surface area (Å²) in [6.07, 6.45) is 0.913. The number of carbonyl (C=O) groups is 1. The van der Waals surface area contributed by atoms with Gasteiger partial charge >= 0.3 is 0 Å². The number of hydrogen-bond donors (Lipinski definition) is 2. The van der Waals surface area contributed by atoms with E-state index in [0.29, 0.717) is 5.75 Å².